The van der Waals surface area contributed by atoms with Crippen molar-refractivity contribution in [1.29, 1.82) is 0 Å². The van der Waals surface area contributed by atoms with Crippen molar-refractivity contribution in [2.75, 3.05) is 5.32 Å². The number of hydrogen-bond donors (Lipinski definition) is 2. The van der Waals surface area contributed by atoms with Crippen molar-refractivity contribution >= 4 is 23.2 Å². The molecular formula is C22H17ClN4O3. The van der Waals surface area contributed by atoms with Crippen molar-refractivity contribution in [1.82, 2.24) is 15.0 Å². The summed E-state index contributed by atoms with van der Waals surface area (Å²) in [4.78, 5) is 12.9. The number of rotatable bonds is 7. The first kappa shape index (κ1) is 19.6. The van der Waals surface area contributed by atoms with E-state index in [0.717, 1.165) is 5.56 Å². The molecule has 150 valence electrons. The van der Waals surface area contributed by atoms with Gasteiger partial charge >= 0.3 is 12.0 Å². The Balaban J connectivity index is 1.65. The summed E-state index contributed by atoms with van der Waals surface area (Å²) in [6.07, 6.45) is 0. The number of anilines is 2. The highest BCUT2D eigenvalue weighted by atomic mass is 35.5. The Morgan fingerprint density at radius 1 is 0.767 bits per heavy atom. The zero-order valence-corrected chi connectivity index (χ0v) is 16.5. The Kier molecular flexibility index (Phi) is 6.03. The lowest BCUT2D eigenvalue weighted by Crippen LogP contribution is -2.04. The number of benzene rings is 3. The van der Waals surface area contributed by atoms with E-state index in [9.17, 15) is 5.11 Å². The average molecular weight is 421 g/mol. The van der Waals surface area contributed by atoms with Gasteiger partial charge in [0, 0.05) is 10.7 Å². The number of aliphatic hydroxyl groups excluding tert-OH is 1. The zero-order valence-electron chi connectivity index (χ0n) is 15.7. The molecule has 8 heteroatoms. The lowest BCUT2D eigenvalue weighted by atomic mass is 10.2. The molecule has 0 radical (unpaired) electrons. The molecule has 4 aromatic rings. The molecule has 0 unspecified atom stereocenters. The van der Waals surface area contributed by atoms with Gasteiger partial charge in [0.1, 0.15) is 11.5 Å². The van der Waals surface area contributed by atoms with Crippen LogP contribution in [0.3, 0.4) is 0 Å². The molecule has 1 heterocycles. The predicted octanol–water partition coefficient (Wildman–Crippen LogP) is 5.35. The molecule has 0 saturated carbocycles. The number of aliphatic hydroxyl groups is 1. The van der Waals surface area contributed by atoms with Gasteiger partial charge in [-0.3, -0.25) is 0 Å². The number of para-hydroxylation sites is 1. The number of nitrogens with one attached hydrogen (secondary N) is 1. The van der Waals surface area contributed by atoms with Crippen LogP contribution in [-0.2, 0) is 6.61 Å². The molecule has 0 aliphatic heterocycles. The summed E-state index contributed by atoms with van der Waals surface area (Å²) in [7, 11) is 0. The van der Waals surface area contributed by atoms with Gasteiger partial charge in [-0.05, 0) is 48.0 Å². The van der Waals surface area contributed by atoms with Crippen molar-refractivity contribution in [3.05, 3.63) is 89.4 Å². The first-order valence-corrected chi connectivity index (χ1v) is 9.45. The summed E-state index contributed by atoms with van der Waals surface area (Å²) in [5.41, 5.74) is 1.46. The van der Waals surface area contributed by atoms with Gasteiger partial charge in [0.25, 0.3) is 0 Å². The fourth-order valence-corrected chi connectivity index (χ4v) is 2.77. The van der Waals surface area contributed by atoms with Gasteiger partial charge < -0.3 is 19.9 Å². The number of halogens is 1. The fraction of sp³-hybridized carbons (Fsp3) is 0.0455. The summed E-state index contributed by atoms with van der Waals surface area (Å²) in [6, 6.07) is 23.4. The monoisotopic (exact) mass is 420 g/mol. The zero-order chi connectivity index (χ0) is 20.8. The standard InChI is InChI=1S/C22H17ClN4O3/c23-16-7-5-11-19(13-16)30-22-26-20(24-17-8-4-6-15(12-17)14-28)25-21(27-22)29-18-9-2-1-3-10-18/h1-13,28H,14H2,(H,24,25,26,27). The quantitative estimate of drug-likeness (QED) is 0.416. The smallest absolute Gasteiger partial charge is 0.330 e. The molecule has 0 fully saturated rings. The number of aromatic nitrogens is 3. The molecule has 30 heavy (non-hydrogen) atoms. The van der Waals surface area contributed by atoms with Crippen LogP contribution in [-0.4, -0.2) is 20.1 Å². The van der Waals surface area contributed by atoms with E-state index in [-0.39, 0.29) is 24.6 Å². The molecule has 1 aromatic heterocycles. The average Bonchev–Trinajstić information content (AvgIpc) is 2.74. The molecular weight excluding hydrogens is 404 g/mol. The van der Waals surface area contributed by atoms with E-state index in [1.165, 1.54) is 0 Å². The molecule has 0 amide bonds. The Hall–Kier alpha value is -3.68. The maximum Gasteiger partial charge on any atom is 0.330 e. The van der Waals surface area contributed by atoms with Crippen molar-refractivity contribution < 1.29 is 14.6 Å². The van der Waals surface area contributed by atoms with E-state index in [0.29, 0.717) is 22.2 Å². The number of nitrogens with zero attached hydrogens (tertiary/aromatic N) is 3. The number of ether oxygens (including phenoxy) is 2. The molecule has 0 aliphatic rings. The summed E-state index contributed by atoms with van der Waals surface area (Å²) < 4.78 is 11.5. The Morgan fingerprint density at radius 3 is 2.20 bits per heavy atom. The maximum atomic E-state index is 9.35. The van der Waals surface area contributed by atoms with Crippen molar-refractivity contribution in [2.45, 2.75) is 6.61 Å². The highest BCUT2D eigenvalue weighted by Gasteiger charge is 2.12. The minimum absolute atomic E-state index is 0.0408. The molecule has 0 spiro atoms. The van der Waals surface area contributed by atoms with Crippen molar-refractivity contribution in [3.63, 3.8) is 0 Å². The highest BCUT2D eigenvalue weighted by Crippen LogP contribution is 2.26. The molecule has 3 aromatic carbocycles. The third kappa shape index (κ3) is 5.22. The van der Waals surface area contributed by atoms with Gasteiger partial charge in [0.05, 0.1) is 6.61 Å². The Bertz CT molecular complexity index is 1140. The van der Waals surface area contributed by atoms with Crippen molar-refractivity contribution in [2.24, 2.45) is 0 Å². The molecule has 4 rings (SSSR count). The van der Waals surface area contributed by atoms with Crippen LogP contribution in [0.25, 0.3) is 0 Å². The van der Waals surface area contributed by atoms with Gasteiger partial charge in [-0.2, -0.15) is 9.97 Å². The van der Waals surface area contributed by atoms with Crippen LogP contribution in [0.5, 0.6) is 23.5 Å². The minimum Gasteiger partial charge on any atom is -0.424 e. The number of hydrogen-bond acceptors (Lipinski definition) is 7. The van der Waals surface area contributed by atoms with Crippen molar-refractivity contribution in [3.8, 4) is 23.5 Å². The molecule has 0 aliphatic carbocycles. The van der Waals surface area contributed by atoms with Crippen LogP contribution in [0, 0.1) is 0 Å². The summed E-state index contributed by atoms with van der Waals surface area (Å²) in [6.45, 7) is -0.0712. The second kappa shape index (κ2) is 9.21. The summed E-state index contributed by atoms with van der Waals surface area (Å²) in [5.74, 6) is 1.28. The summed E-state index contributed by atoms with van der Waals surface area (Å²) in [5, 5.41) is 13.0. The topological polar surface area (TPSA) is 89.4 Å². The fourth-order valence-electron chi connectivity index (χ4n) is 2.59. The second-order valence-corrected chi connectivity index (χ2v) is 6.62. The van der Waals surface area contributed by atoms with Gasteiger partial charge in [0.2, 0.25) is 5.95 Å². The van der Waals surface area contributed by atoms with Gasteiger partial charge in [-0.1, -0.05) is 48.0 Å². The normalized spacial score (nSPS) is 10.5. The van der Waals surface area contributed by atoms with Crippen LogP contribution in [0.15, 0.2) is 78.9 Å². The van der Waals surface area contributed by atoms with Gasteiger partial charge in [0.15, 0.2) is 0 Å². The maximum absolute atomic E-state index is 9.35. The van der Waals surface area contributed by atoms with E-state index in [1.807, 2.05) is 36.4 Å². The summed E-state index contributed by atoms with van der Waals surface area (Å²) >= 11 is 6.03. The van der Waals surface area contributed by atoms with Crippen LogP contribution in [0.4, 0.5) is 11.6 Å². The predicted molar refractivity (Wildman–Crippen MR) is 114 cm³/mol. The van der Waals surface area contributed by atoms with E-state index >= 15 is 0 Å². The van der Waals surface area contributed by atoms with E-state index < -0.39 is 0 Å². The van der Waals surface area contributed by atoms with Crippen LogP contribution < -0.4 is 14.8 Å². The Labute approximate surface area is 178 Å². The third-order valence-electron chi connectivity index (χ3n) is 3.92. The Morgan fingerprint density at radius 2 is 1.47 bits per heavy atom. The van der Waals surface area contributed by atoms with E-state index in [2.05, 4.69) is 20.3 Å². The SMILES string of the molecule is OCc1cccc(Nc2nc(Oc3ccccc3)nc(Oc3cccc(Cl)c3)n2)c1. The van der Waals surface area contributed by atoms with Crippen LogP contribution in [0.2, 0.25) is 5.02 Å². The van der Waals surface area contributed by atoms with Gasteiger partial charge in [-0.25, -0.2) is 0 Å². The van der Waals surface area contributed by atoms with Crippen LogP contribution in [0.1, 0.15) is 5.56 Å². The molecule has 0 bridgehead atoms. The molecule has 0 saturated heterocycles. The van der Waals surface area contributed by atoms with E-state index in [4.69, 9.17) is 21.1 Å². The lowest BCUT2D eigenvalue weighted by Gasteiger charge is -2.11. The van der Waals surface area contributed by atoms with E-state index in [1.54, 1.807) is 42.5 Å². The molecule has 2 N–H and O–H groups in total. The second-order valence-electron chi connectivity index (χ2n) is 6.18. The highest BCUT2D eigenvalue weighted by molar-refractivity contribution is 6.30. The molecule has 7 nitrogen and oxygen atoms in total. The first-order chi connectivity index (χ1) is 14.7. The lowest BCUT2D eigenvalue weighted by molar-refractivity contribution is 0.282. The third-order valence-corrected chi connectivity index (χ3v) is 4.15. The molecule has 0 atom stereocenters. The largest absolute Gasteiger partial charge is 0.424 e. The minimum atomic E-state index is -0.0712. The van der Waals surface area contributed by atoms with Gasteiger partial charge in [-0.15, -0.1) is 4.98 Å². The van der Waals surface area contributed by atoms with Crippen LogP contribution >= 0.6 is 11.6 Å². The first-order valence-electron chi connectivity index (χ1n) is 9.07.